The van der Waals surface area contributed by atoms with Gasteiger partial charge >= 0.3 is 12.0 Å². The fourth-order valence-electron chi connectivity index (χ4n) is 2.52. The summed E-state index contributed by atoms with van der Waals surface area (Å²) in [4.78, 5) is 37.1. The molecular formula is C20H23N3O4. The number of amides is 3. The molecule has 0 aliphatic carbocycles. The van der Waals surface area contributed by atoms with Gasteiger partial charge in [-0.05, 0) is 36.8 Å². The van der Waals surface area contributed by atoms with Crippen LogP contribution in [0.2, 0.25) is 0 Å². The first-order valence-electron chi connectivity index (χ1n) is 8.50. The molecule has 0 spiro atoms. The van der Waals surface area contributed by atoms with Crippen molar-refractivity contribution >= 4 is 29.3 Å². The van der Waals surface area contributed by atoms with Crippen molar-refractivity contribution in [3.8, 4) is 0 Å². The lowest BCUT2D eigenvalue weighted by Gasteiger charge is -2.21. The summed E-state index contributed by atoms with van der Waals surface area (Å²) in [7, 11) is 1.52. The third-order valence-corrected chi connectivity index (χ3v) is 4.17. The summed E-state index contributed by atoms with van der Waals surface area (Å²) in [5, 5.41) is 14.5. The molecule has 7 nitrogen and oxygen atoms in total. The summed E-state index contributed by atoms with van der Waals surface area (Å²) in [5.74, 6) is -1.92. The van der Waals surface area contributed by atoms with Crippen LogP contribution < -0.4 is 10.6 Å². The Morgan fingerprint density at radius 3 is 2.33 bits per heavy atom. The number of hydrogen-bond donors (Lipinski definition) is 3. The zero-order valence-electron chi connectivity index (χ0n) is 15.5. The molecule has 7 heteroatoms. The molecule has 0 radical (unpaired) electrons. The first kappa shape index (κ1) is 20.0. The van der Waals surface area contributed by atoms with E-state index in [4.69, 9.17) is 5.11 Å². The Labute approximate surface area is 158 Å². The van der Waals surface area contributed by atoms with Crippen molar-refractivity contribution in [1.29, 1.82) is 0 Å². The number of carbonyl (C=O) groups excluding carboxylic acids is 2. The number of nitrogens with zero attached hydrogens (tertiary/aromatic N) is 1. The number of urea groups is 1. The van der Waals surface area contributed by atoms with E-state index in [1.165, 1.54) is 18.9 Å². The molecule has 2 aromatic carbocycles. The van der Waals surface area contributed by atoms with Gasteiger partial charge in [0.05, 0.1) is 5.92 Å². The maximum Gasteiger partial charge on any atom is 0.321 e. The van der Waals surface area contributed by atoms with Crippen molar-refractivity contribution in [3.05, 3.63) is 59.7 Å². The smallest absolute Gasteiger partial charge is 0.321 e. The molecule has 1 atom stereocenters. The van der Waals surface area contributed by atoms with E-state index in [-0.39, 0.29) is 12.5 Å². The molecule has 0 heterocycles. The molecule has 0 saturated heterocycles. The minimum Gasteiger partial charge on any atom is -0.481 e. The number of nitrogens with one attached hydrogen (secondary N) is 2. The van der Waals surface area contributed by atoms with Gasteiger partial charge in [-0.3, -0.25) is 9.59 Å². The Kier molecular flexibility index (Phi) is 6.54. The van der Waals surface area contributed by atoms with Gasteiger partial charge in [0.25, 0.3) is 5.91 Å². The van der Waals surface area contributed by atoms with Crippen LogP contribution in [0.1, 0.15) is 22.8 Å². The number of carbonyl (C=O) groups is 3. The second kappa shape index (κ2) is 8.84. The minimum atomic E-state index is -0.967. The largest absolute Gasteiger partial charge is 0.481 e. The van der Waals surface area contributed by atoms with Gasteiger partial charge in [0.1, 0.15) is 0 Å². The van der Waals surface area contributed by atoms with Crippen LogP contribution in [0.3, 0.4) is 0 Å². The van der Waals surface area contributed by atoms with Gasteiger partial charge < -0.3 is 20.6 Å². The fourth-order valence-corrected chi connectivity index (χ4v) is 2.52. The highest BCUT2D eigenvalue weighted by Crippen LogP contribution is 2.21. The molecular weight excluding hydrogens is 346 g/mol. The fraction of sp³-hybridized carbons (Fsp3) is 0.250. The van der Waals surface area contributed by atoms with Gasteiger partial charge in [-0.15, -0.1) is 0 Å². The highest BCUT2D eigenvalue weighted by molar-refractivity contribution is 6.06. The normalized spacial score (nSPS) is 11.4. The number of rotatable bonds is 6. The van der Waals surface area contributed by atoms with Crippen LogP contribution in [0.5, 0.6) is 0 Å². The molecule has 1 unspecified atom stereocenters. The van der Waals surface area contributed by atoms with Crippen LogP contribution in [0.25, 0.3) is 0 Å². The summed E-state index contributed by atoms with van der Waals surface area (Å²) in [6.07, 6.45) is 0. The predicted octanol–water partition coefficient (Wildman–Crippen LogP) is 3.43. The van der Waals surface area contributed by atoms with Crippen LogP contribution in [-0.4, -0.2) is 41.5 Å². The van der Waals surface area contributed by atoms with E-state index in [2.05, 4.69) is 10.6 Å². The van der Waals surface area contributed by atoms with Crippen molar-refractivity contribution in [3.63, 3.8) is 0 Å². The third kappa shape index (κ3) is 5.31. The lowest BCUT2D eigenvalue weighted by Crippen LogP contribution is -2.36. The molecule has 2 aromatic rings. The molecule has 0 aliphatic heterocycles. The molecule has 0 aliphatic rings. The van der Waals surface area contributed by atoms with Crippen molar-refractivity contribution in [2.24, 2.45) is 5.92 Å². The number of aliphatic carboxylic acids is 1. The summed E-state index contributed by atoms with van der Waals surface area (Å²) >= 11 is 0. The average molecular weight is 369 g/mol. The average Bonchev–Trinajstić information content (AvgIpc) is 2.63. The monoisotopic (exact) mass is 369 g/mol. The SMILES string of the molecule is Cc1c(NC(=O)N(C)CC(C)C(=O)O)cccc1C(=O)Nc1ccccc1. The van der Waals surface area contributed by atoms with E-state index in [0.29, 0.717) is 22.5 Å². The van der Waals surface area contributed by atoms with Crippen molar-refractivity contribution in [1.82, 2.24) is 4.90 Å². The molecule has 3 N–H and O–H groups in total. The summed E-state index contributed by atoms with van der Waals surface area (Å²) in [6, 6.07) is 13.7. The molecule has 0 saturated carbocycles. The maximum atomic E-state index is 12.5. The predicted molar refractivity (Wildman–Crippen MR) is 104 cm³/mol. The topological polar surface area (TPSA) is 98.7 Å². The van der Waals surface area contributed by atoms with Crippen molar-refractivity contribution < 1.29 is 19.5 Å². The van der Waals surface area contributed by atoms with Crippen LogP contribution >= 0.6 is 0 Å². The van der Waals surface area contributed by atoms with Crippen LogP contribution in [0.15, 0.2) is 48.5 Å². The summed E-state index contributed by atoms with van der Waals surface area (Å²) < 4.78 is 0. The number of anilines is 2. The number of carboxylic acids is 1. The first-order valence-corrected chi connectivity index (χ1v) is 8.50. The highest BCUT2D eigenvalue weighted by atomic mass is 16.4. The molecule has 0 aromatic heterocycles. The van der Waals surface area contributed by atoms with E-state index < -0.39 is 17.9 Å². The zero-order chi connectivity index (χ0) is 20.0. The highest BCUT2D eigenvalue weighted by Gasteiger charge is 2.19. The van der Waals surface area contributed by atoms with Gasteiger partial charge in [0, 0.05) is 30.5 Å². The molecule has 0 fully saturated rings. The summed E-state index contributed by atoms with van der Waals surface area (Å²) in [5.41, 5.74) is 2.24. The van der Waals surface area contributed by atoms with Crippen molar-refractivity contribution in [2.45, 2.75) is 13.8 Å². The third-order valence-electron chi connectivity index (χ3n) is 4.17. The van der Waals surface area contributed by atoms with Crippen LogP contribution in [0, 0.1) is 12.8 Å². The van der Waals surface area contributed by atoms with E-state index >= 15 is 0 Å². The van der Waals surface area contributed by atoms with E-state index in [0.717, 1.165) is 0 Å². The van der Waals surface area contributed by atoms with Gasteiger partial charge in [0.15, 0.2) is 0 Å². The Morgan fingerprint density at radius 1 is 1.04 bits per heavy atom. The quantitative estimate of drug-likeness (QED) is 0.726. The Balaban J connectivity index is 2.10. The molecule has 0 bridgehead atoms. The Morgan fingerprint density at radius 2 is 1.70 bits per heavy atom. The Hall–Kier alpha value is -3.35. The second-order valence-corrected chi connectivity index (χ2v) is 6.35. The van der Waals surface area contributed by atoms with Crippen molar-refractivity contribution in [2.75, 3.05) is 24.2 Å². The summed E-state index contributed by atoms with van der Waals surface area (Å²) in [6.45, 7) is 3.36. The standard InChI is InChI=1S/C20H23N3O4/c1-13(19(25)26)12-23(3)20(27)22-17-11-7-10-16(14(17)2)18(24)21-15-8-5-4-6-9-15/h4-11,13H,12H2,1-3H3,(H,21,24)(H,22,27)(H,25,26). The van der Waals surface area contributed by atoms with Gasteiger partial charge in [0.2, 0.25) is 0 Å². The first-order chi connectivity index (χ1) is 12.8. The lowest BCUT2D eigenvalue weighted by atomic mass is 10.1. The van der Waals surface area contributed by atoms with Gasteiger partial charge in [-0.25, -0.2) is 4.79 Å². The molecule has 3 amide bonds. The maximum absolute atomic E-state index is 12.5. The van der Waals surface area contributed by atoms with Gasteiger partial charge in [-0.2, -0.15) is 0 Å². The second-order valence-electron chi connectivity index (χ2n) is 6.35. The number of carboxylic acid groups (broad SMARTS) is 1. The minimum absolute atomic E-state index is 0.0778. The zero-order valence-corrected chi connectivity index (χ0v) is 15.5. The Bertz CT molecular complexity index is 836. The van der Waals surface area contributed by atoms with E-state index in [9.17, 15) is 14.4 Å². The molecule has 2 rings (SSSR count). The number of benzene rings is 2. The van der Waals surface area contributed by atoms with E-state index in [1.807, 2.05) is 18.2 Å². The van der Waals surface area contributed by atoms with Gasteiger partial charge in [-0.1, -0.05) is 31.2 Å². The molecule has 142 valence electrons. The lowest BCUT2D eigenvalue weighted by molar-refractivity contribution is -0.141. The number of hydrogen-bond acceptors (Lipinski definition) is 3. The van der Waals surface area contributed by atoms with E-state index in [1.54, 1.807) is 37.3 Å². The molecule has 27 heavy (non-hydrogen) atoms. The van der Waals surface area contributed by atoms with Crippen LogP contribution in [0.4, 0.5) is 16.2 Å². The van der Waals surface area contributed by atoms with Crippen LogP contribution in [-0.2, 0) is 4.79 Å². The number of para-hydroxylation sites is 1.